The molecule has 0 spiro atoms. The highest BCUT2D eigenvalue weighted by atomic mass is 35.5. The second kappa shape index (κ2) is 5.79. The van der Waals surface area contributed by atoms with Crippen molar-refractivity contribution < 1.29 is 13.9 Å². The fourth-order valence-corrected chi connectivity index (χ4v) is 1.87. The van der Waals surface area contributed by atoms with Crippen LogP contribution < -0.4 is 15.8 Å². The SMILES string of the molecule is COc1cc(N)cc(C(=O)Nc2ccc(F)cc2Cl)c1. The summed E-state index contributed by atoms with van der Waals surface area (Å²) in [4.78, 5) is 12.1. The van der Waals surface area contributed by atoms with E-state index < -0.39 is 11.7 Å². The molecule has 4 nitrogen and oxygen atoms in total. The first-order valence-electron chi connectivity index (χ1n) is 5.70. The van der Waals surface area contributed by atoms with Crippen molar-refractivity contribution in [2.45, 2.75) is 0 Å². The Bertz CT molecular complexity index is 662. The van der Waals surface area contributed by atoms with Gasteiger partial charge < -0.3 is 15.8 Å². The molecule has 1 amide bonds. The number of rotatable bonds is 3. The molecule has 104 valence electrons. The predicted octanol–water partition coefficient (Wildman–Crippen LogP) is 3.32. The minimum Gasteiger partial charge on any atom is -0.497 e. The van der Waals surface area contributed by atoms with Gasteiger partial charge in [0.05, 0.1) is 17.8 Å². The van der Waals surface area contributed by atoms with Crippen LogP contribution in [0.3, 0.4) is 0 Å². The number of carbonyl (C=O) groups excluding carboxylic acids is 1. The lowest BCUT2D eigenvalue weighted by Gasteiger charge is -2.09. The van der Waals surface area contributed by atoms with Gasteiger partial charge in [-0.05, 0) is 30.3 Å². The number of amides is 1. The van der Waals surface area contributed by atoms with Crippen molar-refractivity contribution in [2.75, 3.05) is 18.2 Å². The van der Waals surface area contributed by atoms with Crippen LogP contribution in [-0.4, -0.2) is 13.0 Å². The number of nitrogen functional groups attached to an aromatic ring is 1. The van der Waals surface area contributed by atoms with Crippen molar-refractivity contribution in [3.63, 3.8) is 0 Å². The number of hydrogen-bond donors (Lipinski definition) is 2. The third kappa shape index (κ3) is 3.19. The average Bonchev–Trinajstić information content (AvgIpc) is 2.41. The molecule has 2 aromatic rings. The predicted molar refractivity (Wildman–Crippen MR) is 76.8 cm³/mol. The maximum atomic E-state index is 12.9. The summed E-state index contributed by atoms with van der Waals surface area (Å²) in [6.45, 7) is 0. The molecular weight excluding hydrogens is 283 g/mol. The van der Waals surface area contributed by atoms with Crippen LogP contribution in [0, 0.1) is 5.82 Å². The molecule has 0 aliphatic rings. The second-order valence-electron chi connectivity index (χ2n) is 4.07. The first-order valence-corrected chi connectivity index (χ1v) is 6.08. The quantitative estimate of drug-likeness (QED) is 0.854. The van der Waals surface area contributed by atoms with E-state index in [0.29, 0.717) is 22.7 Å². The van der Waals surface area contributed by atoms with Gasteiger partial charge in [-0.15, -0.1) is 0 Å². The molecule has 0 radical (unpaired) electrons. The Kier molecular flexibility index (Phi) is 4.10. The van der Waals surface area contributed by atoms with Crippen molar-refractivity contribution in [1.82, 2.24) is 0 Å². The van der Waals surface area contributed by atoms with E-state index in [1.54, 1.807) is 12.1 Å². The van der Waals surface area contributed by atoms with Crippen LogP contribution in [-0.2, 0) is 0 Å². The first kappa shape index (κ1) is 14.1. The highest BCUT2D eigenvalue weighted by Gasteiger charge is 2.11. The largest absolute Gasteiger partial charge is 0.497 e. The van der Waals surface area contributed by atoms with Crippen molar-refractivity contribution in [3.05, 3.63) is 52.8 Å². The lowest BCUT2D eigenvalue weighted by molar-refractivity contribution is 0.102. The summed E-state index contributed by atoms with van der Waals surface area (Å²) in [5, 5.41) is 2.70. The maximum absolute atomic E-state index is 12.9. The van der Waals surface area contributed by atoms with Gasteiger partial charge in [0.2, 0.25) is 0 Å². The molecule has 0 aromatic heterocycles. The third-order valence-corrected chi connectivity index (χ3v) is 2.92. The summed E-state index contributed by atoms with van der Waals surface area (Å²) >= 11 is 5.85. The molecule has 0 aliphatic carbocycles. The van der Waals surface area contributed by atoms with E-state index in [-0.39, 0.29) is 5.02 Å². The third-order valence-electron chi connectivity index (χ3n) is 2.61. The molecule has 0 atom stereocenters. The molecule has 2 rings (SSSR count). The Balaban J connectivity index is 2.26. The number of anilines is 2. The minimum absolute atomic E-state index is 0.120. The number of methoxy groups -OCH3 is 1. The van der Waals surface area contributed by atoms with Gasteiger partial charge in [-0.1, -0.05) is 11.6 Å². The maximum Gasteiger partial charge on any atom is 0.255 e. The fraction of sp³-hybridized carbons (Fsp3) is 0.0714. The number of ether oxygens (including phenoxy) is 1. The topological polar surface area (TPSA) is 64.3 Å². The van der Waals surface area contributed by atoms with E-state index in [9.17, 15) is 9.18 Å². The summed E-state index contributed by atoms with van der Waals surface area (Å²) < 4.78 is 18.0. The van der Waals surface area contributed by atoms with Crippen LogP contribution in [0.25, 0.3) is 0 Å². The molecule has 0 saturated carbocycles. The second-order valence-corrected chi connectivity index (χ2v) is 4.48. The zero-order valence-corrected chi connectivity index (χ0v) is 11.4. The first-order chi connectivity index (χ1) is 9.49. The molecule has 20 heavy (non-hydrogen) atoms. The van der Waals surface area contributed by atoms with E-state index in [2.05, 4.69) is 5.32 Å². The standard InChI is InChI=1S/C14H12ClFN2O2/c1-20-11-5-8(4-10(17)7-11)14(19)18-13-3-2-9(16)6-12(13)15/h2-7H,17H2,1H3,(H,18,19). The van der Waals surface area contributed by atoms with E-state index in [1.807, 2.05) is 0 Å². The Morgan fingerprint density at radius 3 is 2.70 bits per heavy atom. The van der Waals surface area contributed by atoms with Crippen LogP contribution in [0.4, 0.5) is 15.8 Å². The number of benzene rings is 2. The van der Waals surface area contributed by atoms with Gasteiger partial charge in [0.15, 0.2) is 0 Å². The number of nitrogens with two attached hydrogens (primary N) is 1. The Hall–Kier alpha value is -2.27. The molecule has 0 heterocycles. The van der Waals surface area contributed by atoms with Crippen LogP contribution in [0.5, 0.6) is 5.75 Å². The van der Waals surface area contributed by atoms with Gasteiger partial charge in [0.1, 0.15) is 11.6 Å². The molecule has 0 unspecified atom stereocenters. The average molecular weight is 295 g/mol. The van der Waals surface area contributed by atoms with Crippen LogP contribution >= 0.6 is 11.6 Å². The highest BCUT2D eigenvalue weighted by molar-refractivity contribution is 6.33. The highest BCUT2D eigenvalue weighted by Crippen LogP contribution is 2.24. The van der Waals surface area contributed by atoms with Gasteiger partial charge in [-0.3, -0.25) is 4.79 Å². The summed E-state index contributed by atoms with van der Waals surface area (Å²) in [5.41, 5.74) is 6.72. The summed E-state index contributed by atoms with van der Waals surface area (Å²) in [6, 6.07) is 8.37. The number of halogens is 2. The van der Waals surface area contributed by atoms with Gasteiger partial charge in [0, 0.05) is 17.3 Å². The molecular formula is C14H12ClFN2O2. The molecule has 0 aliphatic heterocycles. The number of hydrogen-bond acceptors (Lipinski definition) is 3. The van der Waals surface area contributed by atoms with Gasteiger partial charge in [-0.2, -0.15) is 0 Å². The molecule has 0 saturated heterocycles. The molecule has 6 heteroatoms. The summed E-state index contributed by atoms with van der Waals surface area (Å²) in [7, 11) is 1.48. The van der Waals surface area contributed by atoms with E-state index in [4.69, 9.17) is 22.1 Å². The van der Waals surface area contributed by atoms with Gasteiger partial charge in [0.25, 0.3) is 5.91 Å². The van der Waals surface area contributed by atoms with Crippen molar-refractivity contribution in [1.29, 1.82) is 0 Å². The molecule has 3 N–H and O–H groups in total. The smallest absolute Gasteiger partial charge is 0.255 e. The summed E-state index contributed by atoms with van der Waals surface area (Å²) in [6.07, 6.45) is 0. The van der Waals surface area contributed by atoms with E-state index in [0.717, 1.165) is 6.07 Å². The lowest BCUT2D eigenvalue weighted by atomic mass is 10.1. The van der Waals surface area contributed by atoms with Crippen molar-refractivity contribution >= 4 is 28.9 Å². The zero-order valence-electron chi connectivity index (χ0n) is 10.6. The van der Waals surface area contributed by atoms with Gasteiger partial charge in [-0.25, -0.2) is 4.39 Å². The van der Waals surface area contributed by atoms with Crippen molar-refractivity contribution in [2.24, 2.45) is 0 Å². The van der Waals surface area contributed by atoms with E-state index >= 15 is 0 Å². The van der Waals surface area contributed by atoms with Crippen molar-refractivity contribution in [3.8, 4) is 5.75 Å². The van der Waals surface area contributed by atoms with E-state index in [1.165, 1.54) is 25.3 Å². The zero-order chi connectivity index (χ0) is 14.7. The Morgan fingerprint density at radius 2 is 2.05 bits per heavy atom. The lowest BCUT2D eigenvalue weighted by Crippen LogP contribution is -2.12. The monoisotopic (exact) mass is 294 g/mol. The normalized spacial score (nSPS) is 10.2. The number of carbonyl (C=O) groups is 1. The van der Waals surface area contributed by atoms with Crippen LogP contribution in [0.2, 0.25) is 5.02 Å². The number of nitrogens with one attached hydrogen (secondary N) is 1. The van der Waals surface area contributed by atoms with Gasteiger partial charge >= 0.3 is 0 Å². The fourth-order valence-electron chi connectivity index (χ4n) is 1.66. The minimum atomic E-state index is -0.473. The Labute approximate surface area is 120 Å². The molecule has 0 bridgehead atoms. The van der Waals surface area contributed by atoms with Crippen LogP contribution in [0.1, 0.15) is 10.4 Å². The summed E-state index contributed by atoms with van der Waals surface area (Å²) in [5.74, 6) is -0.414. The van der Waals surface area contributed by atoms with Crippen LogP contribution in [0.15, 0.2) is 36.4 Å². The molecule has 2 aromatic carbocycles. The Morgan fingerprint density at radius 1 is 1.30 bits per heavy atom. The molecule has 0 fully saturated rings.